The summed E-state index contributed by atoms with van der Waals surface area (Å²) in [6.07, 6.45) is -1.53. The van der Waals surface area contributed by atoms with Gasteiger partial charge in [-0.3, -0.25) is 0 Å². The fourth-order valence-electron chi connectivity index (χ4n) is 2.13. The number of methoxy groups -OCH3 is 1. The van der Waals surface area contributed by atoms with Crippen LogP contribution in [-0.4, -0.2) is 16.5 Å². The quantitative estimate of drug-likeness (QED) is 0.664. The maximum Gasteiger partial charge on any atom is 0.419 e. The number of ether oxygens (including phenoxy) is 1. The number of fused-ring (bicyclic) bond motifs is 1. The zero-order chi connectivity index (χ0) is 15.9. The molecule has 0 spiro atoms. The first kappa shape index (κ1) is 14.4. The van der Waals surface area contributed by atoms with E-state index >= 15 is 0 Å². The molecule has 0 N–H and O–H groups in total. The summed E-state index contributed by atoms with van der Waals surface area (Å²) < 4.78 is 58.3. The van der Waals surface area contributed by atoms with Crippen LogP contribution in [0.25, 0.3) is 16.9 Å². The van der Waals surface area contributed by atoms with Crippen molar-refractivity contribution in [3.05, 3.63) is 54.1 Å². The number of hydrogen-bond acceptors (Lipinski definition) is 2. The van der Waals surface area contributed by atoms with Crippen molar-refractivity contribution in [3.63, 3.8) is 0 Å². The molecule has 3 aromatic rings. The summed E-state index contributed by atoms with van der Waals surface area (Å²) in [6.45, 7) is 0. The maximum absolute atomic E-state index is 13.3. The number of imidazole rings is 1. The summed E-state index contributed by atoms with van der Waals surface area (Å²) in [6, 6.07) is 6.19. The van der Waals surface area contributed by atoms with Crippen molar-refractivity contribution >= 4 is 5.65 Å². The zero-order valence-corrected chi connectivity index (χ0v) is 11.4. The van der Waals surface area contributed by atoms with E-state index in [9.17, 15) is 17.6 Å². The second-order valence-corrected chi connectivity index (χ2v) is 4.65. The third-order valence-electron chi connectivity index (χ3n) is 3.23. The van der Waals surface area contributed by atoms with Crippen LogP contribution in [0.1, 0.15) is 5.56 Å². The fraction of sp³-hybridized carbons (Fsp3) is 0.133. The summed E-state index contributed by atoms with van der Waals surface area (Å²) >= 11 is 0. The number of hydrogen-bond donors (Lipinski definition) is 0. The monoisotopic (exact) mass is 310 g/mol. The van der Waals surface area contributed by atoms with Crippen LogP contribution in [-0.2, 0) is 6.18 Å². The third-order valence-corrected chi connectivity index (χ3v) is 3.23. The van der Waals surface area contributed by atoms with Crippen molar-refractivity contribution in [1.29, 1.82) is 0 Å². The van der Waals surface area contributed by atoms with Gasteiger partial charge in [-0.05, 0) is 30.3 Å². The summed E-state index contributed by atoms with van der Waals surface area (Å²) in [5, 5.41) is 0. The Morgan fingerprint density at radius 3 is 2.55 bits per heavy atom. The summed E-state index contributed by atoms with van der Waals surface area (Å²) in [7, 11) is 1.51. The van der Waals surface area contributed by atoms with Crippen molar-refractivity contribution < 1.29 is 22.3 Å². The van der Waals surface area contributed by atoms with E-state index < -0.39 is 17.6 Å². The lowest BCUT2D eigenvalue weighted by molar-refractivity contribution is -0.139. The van der Waals surface area contributed by atoms with Gasteiger partial charge >= 0.3 is 6.18 Å². The Hall–Kier alpha value is -2.57. The highest BCUT2D eigenvalue weighted by molar-refractivity contribution is 5.64. The normalized spacial score (nSPS) is 11.9. The smallest absolute Gasteiger partial charge is 0.419 e. The molecule has 0 amide bonds. The Bertz CT molecular complexity index is 839. The van der Waals surface area contributed by atoms with Gasteiger partial charge in [-0.25, -0.2) is 9.37 Å². The van der Waals surface area contributed by atoms with Gasteiger partial charge in [-0.1, -0.05) is 0 Å². The van der Waals surface area contributed by atoms with E-state index in [4.69, 9.17) is 4.74 Å². The molecule has 3 nitrogen and oxygen atoms in total. The molecule has 7 heteroatoms. The number of aromatic nitrogens is 2. The number of rotatable bonds is 2. The molecule has 0 aliphatic rings. The van der Waals surface area contributed by atoms with Crippen molar-refractivity contribution in [2.75, 3.05) is 7.11 Å². The zero-order valence-electron chi connectivity index (χ0n) is 11.4. The number of alkyl halides is 3. The van der Waals surface area contributed by atoms with Crippen LogP contribution in [0.5, 0.6) is 5.75 Å². The summed E-state index contributed by atoms with van der Waals surface area (Å²) in [5.41, 5.74) is -0.247. The molecular weight excluding hydrogens is 300 g/mol. The largest absolute Gasteiger partial charge is 0.495 e. The molecule has 0 saturated carbocycles. The molecule has 22 heavy (non-hydrogen) atoms. The molecule has 0 aliphatic heterocycles. The second kappa shape index (κ2) is 5.01. The van der Waals surface area contributed by atoms with E-state index in [1.807, 2.05) is 0 Å². The third kappa shape index (κ3) is 2.49. The Kier molecular flexibility index (Phi) is 3.27. The predicted octanol–water partition coefficient (Wildman–Crippen LogP) is 4.17. The Morgan fingerprint density at radius 1 is 1.09 bits per heavy atom. The van der Waals surface area contributed by atoms with Crippen LogP contribution in [0.3, 0.4) is 0 Å². The molecule has 0 unspecified atom stereocenters. The topological polar surface area (TPSA) is 26.5 Å². The van der Waals surface area contributed by atoms with E-state index in [1.54, 1.807) is 28.9 Å². The minimum atomic E-state index is -4.75. The number of nitrogens with zero attached hydrogens (tertiary/aromatic N) is 2. The minimum absolute atomic E-state index is 0.191. The SMILES string of the molecule is COc1ccc2nc(-c3ccc(F)c(C(F)(F)F)c3)cn2c1. The Balaban J connectivity index is 2.11. The fourth-order valence-corrected chi connectivity index (χ4v) is 2.13. The highest BCUT2D eigenvalue weighted by Gasteiger charge is 2.34. The number of benzene rings is 1. The molecule has 0 atom stereocenters. The van der Waals surface area contributed by atoms with Gasteiger partial charge in [0.2, 0.25) is 0 Å². The Morgan fingerprint density at radius 2 is 1.86 bits per heavy atom. The van der Waals surface area contributed by atoms with Gasteiger partial charge in [-0.2, -0.15) is 13.2 Å². The average Bonchev–Trinajstić information content (AvgIpc) is 2.89. The first-order valence-electron chi connectivity index (χ1n) is 6.28. The molecule has 0 bridgehead atoms. The van der Waals surface area contributed by atoms with Gasteiger partial charge in [-0.15, -0.1) is 0 Å². The highest BCUT2D eigenvalue weighted by atomic mass is 19.4. The van der Waals surface area contributed by atoms with Crippen molar-refractivity contribution in [1.82, 2.24) is 9.38 Å². The van der Waals surface area contributed by atoms with Gasteiger partial charge in [0.25, 0.3) is 0 Å². The van der Waals surface area contributed by atoms with Gasteiger partial charge in [0.15, 0.2) is 0 Å². The standard InChI is InChI=1S/C15H10F4N2O/c1-22-10-3-5-14-20-13(8-21(14)7-10)9-2-4-12(16)11(6-9)15(17,18)19/h2-8H,1H3. The molecule has 0 saturated heterocycles. The molecule has 0 fully saturated rings. The van der Waals surface area contributed by atoms with Crippen LogP contribution in [0.4, 0.5) is 17.6 Å². The lowest BCUT2D eigenvalue weighted by Crippen LogP contribution is -2.08. The molecule has 3 rings (SSSR count). The van der Waals surface area contributed by atoms with E-state index in [1.165, 1.54) is 13.2 Å². The van der Waals surface area contributed by atoms with Gasteiger partial charge in [0.1, 0.15) is 17.2 Å². The first-order chi connectivity index (χ1) is 10.4. The van der Waals surface area contributed by atoms with E-state index in [-0.39, 0.29) is 5.56 Å². The van der Waals surface area contributed by atoms with Crippen molar-refractivity contribution in [3.8, 4) is 17.0 Å². The minimum Gasteiger partial charge on any atom is -0.495 e. The lowest BCUT2D eigenvalue weighted by Gasteiger charge is -2.08. The van der Waals surface area contributed by atoms with Gasteiger partial charge < -0.3 is 9.14 Å². The van der Waals surface area contributed by atoms with Crippen LogP contribution in [0.2, 0.25) is 0 Å². The average molecular weight is 310 g/mol. The molecule has 2 heterocycles. The molecule has 0 aliphatic carbocycles. The first-order valence-corrected chi connectivity index (χ1v) is 6.28. The predicted molar refractivity (Wildman–Crippen MR) is 72.1 cm³/mol. The van der Waals surface area contributed by atoms with Gasteiger partial charge in [0.05, 0.1) is 24.6 Å². The van der Waals surface area contributed by atoms with Gasteiger partial charge in [0, 0.05) is 11.8 Å². The van der Waals surface area contributed by atoms with E-state index in [2.05, 4.69) is 4.98 Å². The van der Waals surface area contributed by atoms with Crippen LogP contribution >= 0.6 is 0 Å². The molecule has 1 aromatic carbocycles. The molecule has 0 radical (unpaired) electrons. The molecule has 114 valence electrons. The van der Waals surface area contributed by atoms with Crippen molar-refractivity contribution in [2.45, 2.75) is 6.18 Å². The van der Waals surface area contributed by atoms with E-state index in [0.29, 0.717) is 17.1 Å². The maximum atomic E-state index is 13.3. The van der Waals surface area contributed by atoms with Crippen molar-refractivity contribution in [2.24, 2.45) is 0 Å². The van der Waals surface area contributed by atoms with Crippen LogP contribution in [0.15, 0.2) is 42.7 Å². The highest BCUT2D eigenvalue weighted by Crippen LogP contribution is 2.34. The lowest BCUT2D eigenvalue weighted by atomic mass is 10.1. The molecule has 2 aromatic heterocycles. The second-order valence-electron chi connectivity index (χ2n) is 4.65. The van der Waals surface area contributed by atoms with Crippen LogP contribution in [0, 0.1) is 5.82 Å². The number of halogens is 4. The summed E-state index contributed by atoms with van der Waals surface area (Å²) in [5.74, 6) is -0.715. The summed E-state index contributed by atoms with van der Waals surface area (Å²) in [4.78, 5) is 4.23. The molecular formula is C15H10F4N2O. The van der Waals surface area contributed by atoms with Crippen LogP contribution < -0.4 is 4.74 Å². The number of pyridine rings is 1. The van der Waals surface area contributed by atoms with E-state index in [0.717, 1.165) is 12.1 Å². The Labute approximate surface area is 122 Å².